The molecule has 0 amide bonds. The van der Waals surface area contributed by atoms with Gasteiger partial charge in [-0.3, -0.25) is 4.57 Å². The van der Waals surface area contributed by atoms with Crippen molar-refractivity contribution < 1.29 is 31.5 Å². The van der Waals surface area contributed by atoms with Crippen molar-refractivity contribution in [3.63, 3.8) is 0 Å². The predicted molar refractivity (Wildman–Crippen MR) is 230 cm³/mol. The van der Waals surface area contributed by atoms with E-state index in [2.05, 4.69) is 4.98 Å². The molecular weight excluding hydrogens is 683 g/mol. The number of aromatic nitrogens is 5. The molecule has 5 heteroatoms. The zero-order valence-corrected chi connectivity index (χ0v) is 28.5. The zero-order valence-electron chi connectivity index (χ0n) is 51.5. The van der Waals surface area contributed by atoms with Gasteiger partial charge in [-0.05, 0) is 52.5 Å². The predicted octanol–water partition coefficient (Wildman–Crippen LogP) is 12.7. The second-order valence-corrected chi connectivity index (χ2v) is 12.3. The summed E-state index contributed by atoms with van der Waals surface area (Å²) in [5.74, 6) is -1.55. The van der Waals surface area contributed by atoms with Crippen molar-refractivity contribution in [3.05, 3.63) is 200 Å². The molecule has 11 rings (SSSR count). The fourth-order valence-corrected chi connectivity index (χ4v) is 6.85. The molecule has 0 bridgehead atoms. The summed E-state index contributed by atoms with van der Waals surface area (Å²) >= 11 is 0. The van der Waals surface area contributed by atoms with Gasteiger partial charge in [-0.25, -0.2) is 4.98 Å². The van der Waals surface area contributed by atoms with E-state index < -0.39 is 184 Å². The molecule has 56 heavy (non-hydrogen) atoms. The number of hydrogen-bond donors (Lipinski definition) is 0. The van der Waals surface area contributed by atoms with E-state index in [9.17, 15) is 8.22 Å². The molecule has 262 valence electrons. The minimum absolute atomic E-state index is 0.268. The fraction of sp³-hybridized carbons (Fsp3) is 0. The minimum Gasteiger partial charge on any atom is -0.309 e. The highest BCUT2D eigenvalue weighted by Gasteiger charge is 2.23. The summed E-state index contributed by atoms with van der Waals surface area (Å²) in [4.78, 5) is 13.9. The van der Waals surface area contributed by atoms with Gasteiger partial charge in [0, 0.05) is 38.4 Å². The van der Waals surface area contributed by atoms with Gasteiger partial charge in [-0.2, -0.15) is 9.97 Å². The van der Waals surface area contributed by atoms with Gasteiger partial charge in [0.1, 0.15) is 0 Å². The van der Waals surface area contributed by atoms with E-state index in [4.69, 9.17) is 33.3 Å². The van der Waals surface area contributed by atoms with Crippen LogP contribution in [0.15, 0.2) is 200 Å². The molecule has 0 N–H and O–H groups in total. The van der Waals surface area contributed by atoms with Crippen LogP contribution in [0.3, 0.4) is 0 Å². The Hall–Kier alpha value is -7.63. The molecule has 0 saturated heterocycles. The van der Waals surface area contributed by atoms with Gasteiger partial charge in [-0.15, -0.1) is 0 Å². The first-order chi connectivity index (χ1) is 37.3. The molecule has 0 atom stereocenters. The van der Waals surface area contributed by atoms with E-state index in [1.165, 1.54) is 9.13 Å². The van der Waals surface area contributed by atoms with Gasteiger partial charge in [0.15, 0.2) is 11.6 Å². The lowest BCUT2D eigenvalue weighted by Gasteiger charge is -2.12. The van der Waals surface area contributed by atoms with Gasteiger partial charge < -0.3 is 4.57 Å². The van der Waals surface area contributed by atoms with Gasteiger partial charge in [0.05, 0.1) is 53.6 Å². The molecule has 0 saturated carbocycles. The molecule has 3 aromatic heterocycles. The lowest BCUT2D eigenvalue weighted by Crippen LogP contribution is -2.06. The fourth-order valence-electron chi connectivity index (χ4n) is 6.85. The van der Waals surface area contributed by atoms with E-state index in [1.807, 2.05) is 0 Å². The Bertz CT molecular complexity index is 4460. The lowest BCUT2D eigenvalue weighted by molar-refractivity contribution is 0.953. The number of fused-ring (bicyclic) bond motifs is 7. The van der Waals surface area contributed by atoms with Crippen LogP contribution < -0.4 is 0 Å². The van der Waals surface area contributed by atoms with Crippen molar-refractivity contribution in [2.24, 2.45) is 0 Å². The molecule has 5 nitrogen and oxygen atoms in total. The van der Waals surface area contributed by atoms with Crippen LogP contribution in [0, 0.1) is 0 Å². The van der Waals surface area contributed by atoms with Crippen LogP contribution in [0.4, 0.5) is 0 Å². The van der Waals surface area contributed by atoms with Crippen molar-refractivity contribution in [2.75, 3.05) is 0 Å². The largest absolute Gasteiger partial charge is 0.309 e. The number of benzene rings is 8. The maximum Gasteiger partial charge on any atom is 0.238 e. The average Bonchev–Trinajstić information content (AvgIpc) is 3.97. The van der Waals surface area contributed by atoms with Crippen LogP contribution in [-0.4, -0.2) is 24.1 Å². The molecule has 11 aromatic rings. The second kappa shape index (κ2) is 13.0. The number of rotatable bonds is 6. The summed E-state index contributed by atoms with van der Waals surface area (Å²) in [7, 11) is 0. The SMILES string of the molecule is [2H]c1c([2H])c([2H])c(-c2nc(-c3c([2H])c([2H])c(-c4c([2H])c([2H])c([2H])c([2H])c4[2H])c([2H])c3[2H])nc(-n3c4ccccc4c4c3ccc3c5ccccc5n(-c5c([2H])c([2H])c(-c6c([2H])c([2H])c([2H])c([2H])c6[2H])c([2H])c5[2H])c34)n2)c([2H])c1[2H]. The summed E-state index contributed by atoms with van der Waals surface area (Å²) in [5.41, 5.74) is -2.41. The lowest BCUT2D eigenvalue weighted by atomic mass is 10.0. The van der Waals surface area contributed by atoms with Crippen molar-refractivity contribution in [2.45, 2.75) is 0 Å². The molecule has 0 aliphatic carbocycles. The van der Waals surface area contributed by atoms with E-state index in [0.29, 0.717) is 38.1 Å². The van der Waals surface area contributed by atoms with Crippen LogP contribution in [-0.2, 0) is 0 Å². The van der Waals surface area contributed by atoms with Crippen molar-refractivity contribution in [1.82, 2.24) is 24.1 Å². The summed E-state index contributed by atoms with van der Waals surface area (Å²) in [6.07, 6.45) is 0. The normalized spacial score (nSPS) is 17.3. The second-order valence-electron chi connectivity index (χ2n) is 12.3. The van der Waals surface area contributed by atoms with Gasteiger partial charge in [0.25, 0.3) is 0 Å². The third-order valence-corrected chi connectivity index (χ3v) is 9.20. The van der Waals surface area contributed by atoms with E-state index in [0.717, 1.165) is 0 Å². The summed E-state index contributed by atoms with van der Waals surface area (Å²) in [6.45, 7) is 0. The Balaban J connectivity index is 1.26. The van der Waals surface area contributed by atoms with Crippen LogP contribution >= 0.6 is 0 Å². The Labute approximate surface area is 355 Å². The average molecular weight is 739 g/mol. The monoisotopic (exact) mass is 738 g/mol. The van der Waals surface area contributed by atoms with E-state index in [-0.39, 0.29) is 17.2 Å². The van der Waals surface area contributed by atoms with Crippen LogP contribution in [0.1, 0.15) is 31.5 Å². The Kier molecular flexibility index (Phi) is 3.82. The first-order valence-corrected chi connectivity index (χ1v) is 17.0. The summed E-state index contributed by atoms with van der Waals surface area (Å²) in [6, 6.07) is -0.377. The smallest absolute Gasteiger partial charge is 0.238 e. The first kappa shape index (κ1) is 16.4. The zero-order chi connectivity index (χ0) is 57.0. The molecule has 0 aliphatic heterocycles. The third-order valence-electron chi connectivity index (χ3n) is 9.20. The van der Waals surface area contributed by atoms with Crippen molar-refractivity contribution >= 4 is 43.6 Å². The number of hydrogen-bond acceptors (Lipinski definition) is 3. The standard InChI is InChI=1S/C51H33N5/c1-4-14-34(15-5-1)36-24-26-39(27-25-36)50-52-49(38-18-8-3-9-19-38)53-51(54-50)56-45-23-13-11-21-43(45)47-46(56)33-32-42-41-20-10-12-22-44(41)55(48(42)47)40-30-28-37(29-31-40)35-16-6-2-7-17-35/h1-33H/i1D,2D,3D,4D,5D,6D,7D,8D,9D,14D,15D,16D,17D,18D,19D,24D,25D,26D,27D,28D,29D,30D,31D. The number of nitrogens with zero attached hydrogens (tertiary/aromatic N) is 5. The molecule has 0 fully saturated rings. The van der Waals surface area contributed by atoms with E-state index in [1.54, 1.807) is 60.7 Å². The minimum atomic E-state index is -0.858. The topological polar surface area (TPSA) is 48.5 Å². The van der Waals surface area contributed by atoms with Gasteiger partial charge >= 0.3 is 0 Å². The Morgan fingerprint density at radius 3 is 1.43 bits per heavy atom. The first-order valence-electron chi connectivity index (χ1n) is 28.5. The Morgan fingerprint density at radius 2 is 0.821 bits per heavy atom. The quantitative estimate of drug-likeness (QED) is 0.171. The molecule has 0 aliphatic rings. The van der Waals surface area contributed by atoms with E-state index >= 15 is 0 Å². The molecule has 0 unspecified atom stereocenters. The maximum absolute atomic E-state index is 9.55. The van der Waals surface area contributed by atoms with Crippen molar-refractivity contribution in [1.29, 1.82) is 0 Å². The van der Waals surface area contributed by atoms with Crippen LogP contribution in [0.25, 0.3) is 100 Å². The van der Waals surface area contributed by atoms with Crippen molar-refractivity contribution in [3.8, 4) is 56.7 Å². The van der Waals surface area contributed by atoms with Gasteiger partial charge in [0.2, 0.25) is 5.95 Å². The van der Waals surface area contributed by atoms with Gasteiger partial charge in [-0.1, -0.05) is 169 Å². The summed E-state index contributed by atoms with van der Waals surface area (Å²) in [5, 5.41) is 1.96. The Morgan fingerprint density at radius 1 is 0.357 bits per heavy atom. The third kappa shape index (κ3) is 5.21. The molecule has 0 radical (unpaired) electrons. The van der Waals surface area contributed by atoms with Crippen LogP contribution in [0.2, 0.25) is 0 Å². The molecular formula is C51H33N5. The number of para-hydroxylation sites is 2. The maximum atomic E-state index is 9.55. The molecule has 3 heterocycles. The highest BCUT2D eigenvalue weighted by molar-refractivity contribution is 6.26. The summed E-state index contributed by atoms with van der Waals surface area (Å²) < 4.78 is 205. The molecule has 0 spiro atoms. The molecule has 8 aromatic carbocycles. The van der Waals surface area contributed by atoms with Crippen LogP contribution in [0.5, 0.6) is 0 Å². The highest BCUT2D eigenvalue weighted by atomic mass is 15.2. The highest BCUT2D eigenvalue weighted by Crippen LogP contribution is 2.42.